The van der Waals surface area contributed by atoms with Crippen molar-refractivity contribution in [3.63, 3.8) is 0 Å². The molecule has 2 saturated heterocycles. The molecule has 25 heavy (non-hydrogen) atoms. The van der Waals surface area contributed by atoms with E-state index in [2.05, 4.69) is 47.9 Å². The second-order valence-electron chi connectivity index (χ2n) is 7.70. The molecule has 1 aromatic rings. The number of rotatable bonds is 5. The number of benzene rings is 1. The second kappa shape index (κ2) is 8.19. The highest BCUT2D eigenvalue weighted by Crippen LogP contribution is 2.27. The van der Waals surface area contributed by atoms with E-state index in [9.17, 15) is 4.79 Å². The van der Waals surface area contributed by atoms with E-state index in [0.29, 0.717) is 12.3 Å². The first kappa shape index (κ1) is 18.2. The van der Waals surface area contributed by atoms with Crippen LogP contribution in [0.25, 0.3) is 0 Å². The zero-order valence-electron chi connectivity index (χ0n) is 15.5. The molecule has 2 aliphatic heterocycles. The lowest BCUT2D eigenvalue weighted by atomic mass is 9.94. The number of ether oxygens (including phenoxy) is 1. The molecular formula is C20H31N3O2. The third kappa shape index (κ3) is 4.95. The van der Waals surface area contributed by atoms with Crippen LogP contribution in [-0.2, 0) is 16.1 Å². The van der Waals surface area contributed by atoms with Crippen LogP contribution in [0.3, 0.4) is 0 Å². The number of anilines is 1. The van der Waals surface area contributed by atoms with Crippen LogP contribution in [0.4, 0.5) is 5.69 Å². The summed E-state index contributed by atoms with van der Waals surface area (Å²) >= 11 is 0. The maximum absolute atomic E-state index is 11.2. The topological polar surface area (TPSA) is 58.8 Å². The Bertz CT molecular complexity index is 582. The molecule has 2 heterocycles. The lowest BCUT2D eigenvalue weighted by Crippen LogP contribution is -2.46. The van der Waals surface area contributed by atoms with Crippen molar-refractivity contribution in [3.8, 4) is 0 Å². The third-order valence-corrected chi connectivity index (χ3v) is 5.24. The summed E-state index contributed by atoms with van der Waals surface area (Å²) < 4.78 is 5.88. The van der Waals surface area contributed by atoms with Crippen LogP contribution in [0.1, 0.15) is 38.7 Å². The van der Waals surface area contributed by atoms with Gasteiger partial charge in [-0.05, 0) is 50.8 Å². The lowest BCUT2D eigenvalue weighted by Gasteiger charge is -2.39. The first-order chi connectivity index (χ1) is 12.0. The number of primary amides is 1. The average molecular weight is 345 g/mol. The number of nitrogens with zero attached hydrogens (tertiary/aromatic N) is 2. The van der Waals surface area contributed by atoms with Gasteiger partial charge in [0.1, 0.15) is 0 Å². The number of nitrogens with two attached hydrogens (primary N) is 1. The Hall–Kier alpha value is -1.59. The zero-order chi connectivity index (χ0) is 17.8. The van der Waals surface area contributed by atoms with Gasteiger partial charge in [-0.1, -0.05) is 18.2 Å². The molecule has 0 bridgehead atoms. The van der Waals surface area contributed by atoms with Gasteiger partial charge < -0.3 is 15.4 Å². The number of likely N-dealkylation sites (tertiary alicyclic amines) is 1. The maximum Gasteiger partial charge on any atom is 0.217 e. The molecule has 0 aliphatic carbocycles. The maximum atomic E-state index is 11.2. The smallest absolute Gasteiger partial charge is 0.217 e. The number of morpholine rings is 1. The number of piperidine rings is 1. The van der Waals surface area contributed by atoms with Gasteiger partial charge in [0.2, 0.25) is 5.91 Å². The van der Waals surface area contributed by atoms with Gasteiger partial charge in [0.25, 0.3) is 0 Å². The highest BCUT2D eigenvalue weighted by Gasteiger charge is 2.26. The summed E-state index contributed by atoms with van der Waals surface area (Å²) in [6.45, 7) is 9.16. The van der Waals surface area contributed by atoms with Crippen molar-refractivity contribution in [2.24, 2.45) is 11.7 Å². The van der Waals surface area contributed by atoms with Crippen LogP contribution >= 0.6 is 0 Å². The molecule has 2 N–H and O–H groups in total. The molecule has 0 saturated carbocycles. The molecule has 0 spiro atoms. The van der Waals surface area contributed by atoms with E-state index in [0.717, 1.165) is 45.6 Å². The van der Waals surface area contributed by atoms with Crippen molar-refractivity contribution in [1.29, 1.82) is 0 Å². The van der Waals surface area contributed by atoms with E-state index in [-0.39, 0.29) is 18.1 Å². The monoisotopic (exact) mass is 345 g/mol. The van der Waals surface area contributed by atoms with E-state index >= 15 is 0 Å². The number of amides is 1. The molecule has 0 aromatic heterocycles. The van der Waals surface area contributed by atoms with E-state index in [1.807, 2.05) is 0 Å². The van der Waals surface area contributed by atoms with Gasteiger partial charge in [-0.15, -0.1) is 0 Å². The number of hydrogen-bond acceptors (Lipinski definition) is 4. The van der Waals surface area contributed by atoms with Crippen molar-refractivity contribution in [2.45, 2.75) is 51.9 Å². The number of carbonyl (C=O) groups is 1. The molecule has 2 aliphatic rings. The Morgan fingerprint density at radius 3 is 2.64 bits per heavy atom. The van der Waals surface area contributed by atoms with Gasteiger partial charge in [-0.25, -0.2) is 0 Å². The molecule has 3 rings (SSSR count). The third-order valence-electron chi connectivity index (χ3n) is 5.24. The minimum absolute atomic E-state index is 0.177. The average Bonchev–Trinajstić information content (AvgIpc) is 2.54. The molecule has 1 aromatic carbocycles. The van der Waals surface area contributed by atoms with Crippen LogP contribution in [0.15, 0.2) is 24.3 Å². The van der Waals surface area contributed by atoms with Gasteiger partial charge in [0.15, 0.2) is 0 Å². The van der Waals surface area contributed by atoms with Crippen LogP contribution in [0.2, 0.25) is 0 Å². The summed E-state index contributed by atoms with van der Waals surface area (Å²) in [6, 6.07) is 8.70. The summed E-state index contributed by atoms with van der Waals surface area (Å²) in [7, 11) is 0. The van der Waals surface area contributed by atoms with Gasteiger partial charge >= 0.3 is 0 Å². The summed E-state index contributed by atoms with van der Waals surface area (Å²) in [4.78, 5) is 16.2. The molecule has 3 atom stereocenters. The predicted octanol–water partition coefficient (Wildman–Crippen LogP) is 2.39. The zero-order valence-corrected chi connectivity index (χ0v) is 15.5. The summed E-state index contributed by atoms with van der Waals surface area (Å²) in [5.41, 5.74) is 8.08. The SMILES string of the molecule is C[C@@H]1CN(c2ccccc2CN2CCC[C@H](CC(N)=O)C2)C[C@@H](C)O1. The van der Waals surface area contributed by atoms with Crippen LogP contribution in [-0.4, -0.2) is 49.2 Å². The quantitative estimate of drug-likeness (QED) is 0.890. The van der Waals surface area contributed by atoms with Crippen molar-refractivity contribution in [3.05, 3.63) is 29.8 Å². The number of carbonyl (C=O) groups excluding carboxylic acids is 1. The number of hydrogen-bond donors (Lipinski definition) is 1. The number of para-hydroxylation sites is 1. The standard InChI is InChI=1S/C20H31N3O2/c1-15-11-23(12-16(2)25-15)19-8-4-3-7-18(19)14-22-9-5-6-17(13-22)10-20(21)24/h3-4,7-8,15-17H,5-6,9-14H2,1-2H3,(H2,21,24)/t15-,16-,17-/m1/s1. The van der Waals surface area contributed by atoms with E-state index in [1.165, 1.54) is 11.3 Å². The first-order valence-electron chi connectivity index (χ1n) is 9.50. The normalized spacial score (nSPS) is 28.1. The summed E-state index contributed by atoms with van der Waals surface area (Å²) in [5.74, 6) is 0.227. The Balaban J connectivity index is 1.69. The van der Waals surface area contributed by atoms with Gasteiger partial charge in [0, 0.05) is 38.3 Å². The fourth-order valence-electron chi connectivity index (χ4n) is 4.31. The Labute approximate surface area is 151 Å². The first-order valence-corrected chi connectivity index (χ1v) is 9.50. The largest absolute Gasteiger partial charge is 0.372 e. The van der Waals surface area contributed by atoms with Crippen LogP contribution < -0.4 is 10.6 Å². The van der Waals surface area contributed by atoms with Gasteiger partial charge in [-0.2, -0.15) is 0 Å². The second-order valence-corrected chi connectivity index (χ2v) is 7.70. The fourth-order valence-corrected chi connectivity index (χ4v) is 4.31. The Kier molecular flexibility index (Phi) is 5.97. The summed E-state index contributed by atoms with van der Waals surface area (Å²) in [6.07, 6.45) is 3.28. The molecule has 0 unspecified atom stereocenters. The molecule has 5 nitrogen and oxygen atoms in total. The Morgan fingerprint density at radius 2 is 1.92 bits per heavy atom. The molecule has 1 amide bonds. The Morgan fingerprint density at radius 1 is 1.20 bits per heavy atom. The van der Waals surface area contributed by atoms with Gasteiger partial charge in [-0.3, -0.25) is 9.69 Å². The van der Waals surface area contributed by atoms with Crippen molar-refractivity contribution in [2.75, 3.05) is 31.1 Å². The molecule has 138 valence electrons. The van der Waals surface area contributed by atoms with Crippen LogP contribution in [0.5, 0.6) is 0 Å². The molecular weight excluding hydrogens is 314 g/mol. The predicted molar refractivity (Wildman–Crippen MR) is 100 cm³/mol. The fraction of sp³-hybridized carbons (Fsp3) is 0.650. The van der Waals surface area contributed by atoms with Crippen molar-refractivity contribution in [1.82, 2.24) is 4.90 Å². The molecule has 0 radical (unpaired) electrons. The lowest BCUT2D eigenvalue weighted by molar-refractivity contribution is -0.119. The van der Waals surface area contributed by atoms with E-state index in [4.69, 9.17) is 10.5 Å². The summed E-state index contributed by atoms with van der Waals surface area (Å²) in [5, 5.41) is 0. The highest BCUT2D eigenvalue weighted by atomic mass is 16.5. The van der Waals surface area contributed by atoms with E-state index < -0.39 is 0 Å². The van der Waals surface area contributed by atoms with Crippen LogP contribution in [0, 0.1) is 5.92 Å². The van der Waals surface area contributed by atoms with E-state index in [1.54, 1.807) is 0 Å². The minimum atomic E-state index is -0.177. The van der Waals surface area contributed by atoms with Crippen molar-refractivity contribution >= 4 is 11.6 Å². The van der Waals surface area contributed by atoms with Crippen molar-refractivity contribution < 1.29 is 9.53 Å². The highest BCUT2D eigenvalue weighted by molar-refractivity contribution is 5.74. The molecule has 5 heteroatoms. The van der Waals surface area contributed by atoms with Gasteiger partial charge in [0.05, 0.1) is 12.2 Å². The molecule has 2 fully saturated rings. The minimum Gasteiger partial charge on any atom is -0.372 e.